The molecule has 0 bridgehead atoms. The van der Waals surface area contributed by atoms with Crippen molar-refractivity contribution in [3.63, 3.8) is 0 Å². The van der Waals surface area contributed by atoms with Gasteiger partial charge in [0.05, 0.1) is 33.2 Å². The predicted octanol–water partition coefficient (Wildman–Crippen LogP) is -0.875. The summed E-state index contributed by atoms with van der Waals surface area (Å²) in [5.74, 6) is -1.17. The van der Waals surface area contributed by atoms with Crippen molar-refractivity contribution in [2.45, 2.75) is 13.0 Å². The molecule has 0 aliphatic heterocycles. The quantitative estimate of drug-likeness (QED) is 0.605. The third-order valence-corrected chi connectivity index (χ3v) is 2.76. The molecule has 3 N–H and O–H groups in total. The van der Waals surface area contributed by atoms with Crippen LogP contribution in [0.4, 0.5) is 0 Å². The zero-order chi connectivity index (χ0) is 14.3. The summed E-state index contributed by atoms with van der Waals surface area (Å²) in [7, 11) is 3.98. The number of carbonyl (C=O) groups is 2. The Hall–Kier alpha value is -1.88. The van der Waals surface area contributed by atoms with Gasteiger partial charge in [0.1, 0.15) is 0 Å². The molecular weight excluding hydrogens is 242 g/mol. The average Bonchev–Trinajstić information content (AvgIpc) is 2.39. The van der Waals surface area contributed by atoms with Crippen LogP contribution in [0.3, 0.4) is 0 Å². The summed E-state index contributed by atoms with van der Waals surface area (Å²) in [4.78, 5) is 24.5. The highest BCUT2D eigenvalue weighted by Gasteiger charge is 2.16. The molecule has 0 saturated heterocycles. The van der Waals surface area contributed by atoms with Gasteiger partial charge in [0, 0.05) is 0 Å². The minimum Gasteiger partial charge on any atom is -0.342 e. The standard InChI is InChI=1S/C14H21N3O2/c1-11(12-7-5-4-6-8-12)16-14(19)13(18)15-9-10-17(2)3/h4-8,11H,9-10H2,1-3H3,(H,15,18)(H,16,19)/p+1/t11-/m0/s1. The van der Waals surface area contributed by atoms with E-state index in [2.05, 4.69) is 10.6 Å². The van der Waals surface area contributed by atoms with E-state index < -0.39 is 11.8 Å². The van der Waals surface area contributed by atoms with Gasteiger partial charge in [-0.05, 0) is 12.5 Å². The van der Waals surface area contributed by atoms with Crippen LogP contribution < -0.4 is 15.5 Å². The Labute approximate surface area is 114 Å². The second-order valence-corrected chi connectivity index (χ2v) is 4.82. The normalized spacial score (nSPS) is 12.0. The molecule has 0 aromatic heterocycles. The van der Waals surface area contributed by atoms with Gasteiger partial charge < -0.3 is 15.5 Å². The molecule has 5 nitrogen and oxygen atoms in total. The van der Waals surface area contributed by atoms with E-state index in [1.807, 2.05) is 51.4 Å². The van der Waals surface area contributed by atoms with Crippen LogP contribution in [-0.2, 0) is 9.59 Å². The molecule has 104 valence electrons. The van der Waals surface area contributed by atoms with E-state index in [1.165, 1.54) is 4.90 Å². The third-order valence-electron chi connectivity index (χ3n) is 2.76. The number of benzene rings is 1. The number of carbonyl (C=O) groups excluding carboxylic acids is 2. The summed E-state index contributed by atoms with van der Waals surface area (Å²) in [6.45, 7) is 3.13. The minimum absolute atomic E-state index is 0.182. The topological polar surface area (TPSA) is 62.6 Å². The fraction of sp³-hybridized carbons (Fsp3) is 0.429. The first kappa shape index (κ1) is 15.2. The summed E-state index contributed by atoms with van der Waals surface area (Å²) >= 11 is 0. The van der Waals surface area contributed by atoms with Gasteiger partial charge >= 0.3 is 11.8 Å². The number of hydrogen-bond donors (Lipinski definition) is 3. The van der Waals surface area contributed by atoms with E-state index in [1.54, 1.807) is 0 Å². The van der Waals surface area contributed by atoms with Crippen LogP contribution in [0.2, 0.25) is 0 Å². The Morgan fingerprint density at radius 3 is 2.37 bits per heavy atom. The van der Waals surface area contributed by atoms with E-state index >= 15 is 0 Å². The molecule has 0 radical (unpaired) electrons. The van der Waals surface area contributed by atoms with Gasteiger partial charge in [-0.3, -0.25) is 9.59 Å². The molecule has 0 unspecified atom stereocenters. The monoisotopic (exact) mass is 264 g/mol. The molecule has 1 rings (SSSR count). The molecular formula is C14H22N3O2+. The van der Waals surface area contributed by atoms with Crippen molar-refractivity contribution in [3.8, 4) is 0 Å². The van der Waals surface area contributed by atoms with E-state index in [-0.39, 0.29) is 6.04 Å². The number of quaternary nitrogens is 1. The minimum atomic E-state index is -0.592. The van der Waals surface area contributed by atoms with Crippen LogP contribution in [0.15, 0.2) is 30.3 Å². The summed E-state index contributed by atoms with van der Waals surface area (Å²) < 4.78 is 0. The Kier molecular flexibility index (Phi) is 6.02. The third kappa shape index (κ3) is 5.52. The largest absolute Gasteiger partial charge is 0.342 e. The van der Waals surface area contributed by atoms with E-state index in [4.69, 9.17) is 0 Å². The molecule has 1 atom stereocenters. The maximum absolute atomic E-state index is 11.7. The number of nitrogens with one attached hydrogen (secondary N) is 3. The second-order valence-electron chi connectivity index (χ2n) is 4.82. The maximum atomic E-state index is 11.7. The van der Waals surface area contributed by atoms with Crippen LogP contribution in [0.1, 0.15) is 18.5 Å². The molecule has 5 heteroatoms. The lowest BCUT2D eigenvalue weighted by Crippen LogP contribution is -3.06. The summed E-state index contributed by atoms with van der Waals surface area (Å²) in [6, 6.07) is 9.36. The van der Waals surface area contributed by atoms with Crippen molar-refractivity contribution >= 4 is 11.8 Å². The van der Waals surface area contributed by atoms with Gasteiger partial charge in [-0.1, -0.05) is 30.3 Å². The number of amides is 2. The molecule has 0 heterocycles. The van der Waals surface area contributed by atoms with Crippen LogP contribution in [0.25, 0.3) is 0 Å². The van der Waals surface area contributed by atoms with E-state index in [0.29, 0.717) is 6.54 Å². The first-order chi connectivity index (χ1) is 9.00. The van der Waals surface area contributed by atoms with Gasteiger partial charge in [-0.15, -0.1) is 0 Å². The van der Waals surface area contributed by atoms with Crippen LogP contribution >= 0.6 is 0 Å². The second kappa shape index (κ2) is 7.53. The molecule has 2 amide bonds. The highest BCUT2D eigenvalue weighted by Crippen LogP contribution is 2.10. The Balaban J connectivity index is 2.40. The van der Waals surface area contributed by atoms with Crippen molar-refractivity contribution < 1.29 is 14.5 Å². The van der Waals surface area contributed by atoms with Crippen molar-refractivity contribution in [3.05, 3.63) is 35.9 Å². The number of hydrogen-bond acceptors (Lipinski definition) is 2. The fourth-order valence-corrected chi connectivity index (χ4v) is 1.59. The van der Waals surface area contributed by atoms with Gasteiger partial charge in [0.15, 0.2) is 0 Å². The summed E-state index contributed by atoms with van der Waals surface area (Å²) in [5.41, 5.74) is 0.974. The Morgan fingerprint density at radius 1 is 1.16 bits per heavy atom. The molecule has 0 saturated carbocycles. The van der Waals surface area contributed by atoms with Gasteiger partial charge in [-0.25, -0.2) is 0 Å². The zero-order valence-electron chi connectivity index (χ0n) is 11.7. The predicted molar refractivity (Wildman–Crippen MR) is 73.7 cm³/mol. The van der Waals surface area contributed by atoms with Crippen LogP contribution in [0, 0.1) is 0 Å². The Bertz CT molecular complexity index is 418. The molecule has 0 aliphatic carbocycles. The summed E-state index contributed by atoms with van der Waals surface area (Å²) in [6.07, 6.45) is 0. The lowest BCUT2D eigenvalue weighted by molar-refractivity contribution is -0.856. The molecule has 1 aromatic rings. The zero-order valence-corrected chi connectivity index (χ0v) is 11.7. The van der Waals surface area contributed by atoms with Crippen molar-refractivity contribution in [2.24, 2.45) is 0 Å². The molecule has 0 spiro atoms. The van der Waals surface area contributed by atoms with E-state index in [0.717, 1.165) is 12.1 Å². The van der Waals surface area contributed by atoms with Gasteiger partial charge in [0.25, 0.3) is 0 Å². The van der Waals surface area contributed by atoms with Gasteiger partial charge in [0.2, 0.25) is 0 Å². The molecule has 0 aliphatic rings. The van der Waals surface area contributed by atoms with Crippen molar-refractivity contribution in [2.75, 3.05) is 27.2 Å². The first-order valence-corrected chi connectivity index (χ1v) is 6.43. The number of rotatable bonds is 5. The SMILES string of the molecule is C[C@H](NC(=O)C(=O)NCC[NH+](C)C)c1ccccc1. The highest BCUT2D eigenvalue weighted by molar-refractivity contribution is 6.35. The van der Waals surface area contributed by atoms with Crippen molar-refractivity contribution in [1.82, 2.24) is 10.6 Å². The average molecular weight is 264 g/mol. The van der Waals surface area contributed by atoms with Crippen LogP contribution in [-0.4, -0.2) is 39.0 Å². The Morgan fingerprint density at radius 2 is 1.79 bits per heavy atom. The molecule has 19 heavy (non-hydrogen) atoms. The lowest BCUT2D eigenvalue weighted by Gasteiger charge is -2.14. The smallest absolute Gasteiger partial charge is 0.309 e. The highest BCUT2D eigenvalue weighted by atomic mass is 16.2. The fourth-order valence-electron chi connectivity index (χ4n) is 1.59. The van der Waals surface area contributed by atoms with Crippen molar-refractivity contribution in [1.29, 1.82) is 0 Å². The van der Waals surface area contributed by atoms with Gasteiger partial charge in [-0.2, -0.15) is 0 Å². The number of likely N-dealkylation sites (N-methyl/N-ethyl adjacent to an activating group) is 1. The maximum Gasteiger partial charge on any atom is 0.309 e. The van der Waals surface area contributed by atoms with E-state index in [9.17, 15) is 9.59 Å². The van der Waals surface area contributed by atoms with Crippen LogP contribution in [0.5, 0.6) is 0 Å². The molecule has 1 aromatic carbocycles. The first-order valence-electron chi connectivity index (χ1n) is 6.43. The molecule has 0 fully saturated rings. The summed E-state index contributed by atoms with van der Waals surface area (Å²) in [5, 5.41) is 5.28. The lowest BCUT2D eigenvalue weighted by atomic mass is 10.1.